The molecular weight excluding hydrogens is 348 g/mol. The van der Waals surface area contributed by atoms with Crippen molar-refractivity contribution >= 4 is 5.78 Å². The van der Waals surface area contributed by atoms with Crippen LogP contribution in [0.5, 0.6) is 23.0 Å². The lowest BCUT2D eigenvalue weighted by atomic mass is 10.0. The van der Waals surface area contributed by atoms with Crippen LogP contribution >= 0.6 is 0 Å². The predicted octanol–water partition coefficient (Wildman–Crippen LogP) is 6.50. The Morgan fingerprint density at radius 3 is 1.68 bits per heavy atom. The van der Waals surface area contributed by atoms with E-state index >= 15 is 0 Å². The van der Waals surface area contributed by atoms with Crippen molar-refractivity contribution in [2.45, 2.75) is 0 Å². The van der Waals surface area contributed by atoms with Crippen LogP contribution in [-0.2, 0) is 0 Å². The molecule has 0 atom stereocenters. The third-order valence-electron chi connectivity index (χ3n) is 4.21. The van der Waals surface area contributed by atoms with Crippen LogP contribution in [0.15, 0.2) is 109 Å². The van der Waals surface area contributed by atoms with E-state index in [1.165, 1.54) is 0 Å². The first-order valence-electron chi connectivity index (χ1n) is 9.00. The van der Waals surface area contributed by atoms with Gasteiger partial charge in [-0.2, -0.15) is 0 Å². The summed E-state index contributed by atoms with van der Waals surface area (Å²) in [5.41, 5.74) is 1.12. The van der Waals surface area contributed by atoms with E-state index in [4.69, 9.17) is 9.47 Å². The zero-order valence-electron chi connectivity index (χ0n) is 15.1. The summed E-state index contributed by atoms with van der Waals surface area (Å²) in [6, 6.07) is 33.3. The number of carbonyl (C=O) groups is 1. The van der Waals surface area contributed by atoms with Gasteiger partial charge in [0.1, 0.15) is 11.5 Å². The van der Waals surface area contributed by atoms with Gasteiger partial charge in [-0.3, -0.25) is 4.79 Å². The highest BCUT2D eigenvalue weighted by atomic mass is 16.5. The molecule has 28 heavy (non-hydrogen) atoms. The lowest BCUT2D eigenvalue weighted by Gasteiger charge is -2.14. The van der Waals surface area contributed by atoms with Crippen molar-refractivity contribution in [1.29, 1.82) is 0 Å². The highest BCUT2D eigenvalue weighted by Gasteiger charge is 2.16. The third kappa shape index (κ3) is 3.94. The molecule has 0 aliphatic rings. The second-order valence-corrected chi connectivity index (χ2v) is 6.16. The summed E-state index contributed by atoms with van der Waals surface area (Å²) in [7, 11) is 0. The van der Waals surface area contributed by atoms with E-state index in [9.17, 15) is 4.79 Å². The standard InChI is InChI=1S/C25H18O3/c26-25(19-11-3-1-4-12-19)21-15-7-8-16-22(21)28-24-18-10-9-17-23(24)27-20-13-5-2-6-14-20/h1-18H. The SMILES string of the molecule is O=C(c1ccccc1)c1ccccc1Oc1ccccc1Oc1ccccc1. The van der Waals surface area contributed by atoms with Crippen molar-refractivity contribution in [2.75, 3.05) is 0 Å². The van der Waals surface area contributed by atoms with Crippen LogP contribution in [0.3, 0.4) is 0 Å². The van der Waals surface area contributed by atoms with Crippen molar-refractivity contribution in [1.82, 2.24) is 0 Å². The number of hydrogen-bond acceptors (Lipinski definition) is 3. The van der Waals surface area contributed by atoms with Gasteiger partial charge in [-0.05, 0) is 36.4 Å². The van der Waals surface area contributed by atoms with Crippen LogP contribution < -0.4 is 9.47 Å². The molecule has 4 rings (SSSR count). The van der Waals surface area contributed by atoms with E-state index in [-0.39, 0.29) is 5.78 Å². The van der Waals surface area contributed by atoms with Crippen LogP contribution in [0.2, 0.25) is 0 Å². The molecule has 0 spiro atoms. The Hall–Kier alpha value is -3.85. The second kappa shape index (κ2) is 8.23. The predicted molar refractivity (Wildman–Crippen MR) is 109 cm³/mol. The summed E-state index contributed by atoms with van der Waals surface area (Å²) < 4.78 is 12.1. The molecule has 0 N–H and O–H groups in total. The first-order valence-corrected chi connectivity index (χ1v) is 9.00. The Balaban J connectivity index is 1.65. The molecule has 3 heteroatoms. The fraction of sp³-hybridized carbons (Fsp3) is 0. The van der Waals surface area contributed by atoms with Crippen molar-refractivity contribution in [3.63, 3.8) is 0 Å². The summed E-state index contributed by atoms with van der Waals surface area (Å²) in [6.45, 7) is 0. The fourth-order valence-corrected chi connectivity index (χ4v) is 2.84. The van der Waals surface area contributed by atoms with Crippen molar-refractivity contribution in [3.05, 3.63) is 120 Å². The summed E-state index contributed by atoms with van der Waals surface area (Å²) in [5.74, 6) is 2.24. The quantitative estimate of drug-likeness (QED) is 0.365. The van der Waals surface area contributed by atoms with E-state index in [0.29, 0.717) is 34.1 Å². The molecule has 4 aromatic carbocycles. The number of hydrogen-bond donors (Lipinski definition) is 0. The molecule has 0 fully saturated rings. The average Bonchev–Trinajstić information content (AvgIpc) is 2.76. The normalized spacial score (nSPS) is 10.3. The fourth-order valence-electron chi connectivity index (χ4n) is 2.84. The van der Waals surface area contributed by atoms with Gasteiger partial charge in [0.05, 0.1) is 5.56 Å². The minimum atomic E-state index is -0.0855. The molecular formula is C25H18O3. The van der Waals surface area contributed by atoms with Crippen molar-refractivity contribution in [3.8, 4) is 23.0 Å². The third-order valence-corrected chi connectivity index (χ3v) is 4.21. The minimum Gasteiger partial charge on any atom is -0.453 e. The van der Waals surface area contributed by atoms with Crippen molar-refractivity contribution in [2.24, 2.45) is 0 Å². The van der Waals surface area contributed by atoms with E-state index in [0.717, 1.165) is 0 Å². The zero-order chi connectivity index (χ0) is 19.2. The molecule has 0 saturated carbocycles. The van der Waals surface area contributed by atoms with Crippen LogP contribution in [-0.4, -0.2) is 5.78 Å². The number of ether oxygens (including phenoxy) is 2. The first kappa shape index (κ1) is 17.6. The molecule has 4 aromatic rings. The van der Waals surface area contributed by atoms with Gasteiger partial charge in [0.25, 0.3) is 0 Å². The largest absolute Gasteiger partial charge is 0.453 e. The highest BCUT2D eigenvalue weighted by molar-refractivity contribution is 6.10. The molecule has 0 aliphatic carbocycles. The summed E-state index contributed by atoms with van der Waals surface area (Å²) >= 11 is 0. The lowest BCUT2D eigenvalue weighted by Crippen LogP contribution is -2.03. The Bertz CT molecular complexity index is 1070. The number of ketones is 1. The van der Waals surface area contributed by atoms with E-state index in [2.05, 4.69) is 0 Å². The first-order chi connectivity index (χ1) is 13.8. The topological polar surface area (TPSA) is 35.5 Å². The second-order valence-electron chi connectivity index (χ2n) is 6.16. The minimum absolute atomic E-state index is 0.0855. The summed E-state index contributed by atoms with van der Waals surface area (Å²) in [4.78, 5) is 12.9. The molecule has 0 unspecified atom stereocenters. The Morgan fingerprint density at radius 1 is 0.500 bits per heavy atom. The van der Waals surface area contributed by atoms with Crippen LogP contribution in [0.1, 0.15) is 15.9 Å². The maximum Gasteiger partial charge on any atom is 0.196 e. The van der Waals surface area contributed by atoms with E-state index in [1.54, 1.807) is 24.3 Å². The van der Waals surface area contributed by atoms with Crippen molar-refractivity contribution < 1.29 is 14.3 Å². The summed E-state index contributed by atoms with van der Waals surface area (Å²) in [6.07, 6.45) is 0. The maximum absolute atomic E-state index is 12.9. The van der Waals surface area contributed by atoms with Gasteiger partial charge in [-0.1, -0.05) is 72.8 Å². The van der Waals surface area contributed by atoms with Gasteiger partial charge in [0, 0.05) is 5.56 Å². The molecule has 0 bridgehead atoms. The Morgan fingerprint density at radius 2 is 1.00 bits per heavy atom. The zero-order valence-corrected chi connectivity index (χ0v) is 15.1. The molecule has 0 heterocycles. The van der Waals surface area contributed by atoms with Gasteiger partial charge in [0.15, 0.2) is 17.3 Å². The Labute approximate surface area is 163 Å². The molecule has 136 valence electrons. The van der Waals surface area contributed by atoms with Gasteiger partial charge >= 0.3 is 0 Å². The highest BCUT2D eigenvalue weighted by Crippen LogP contribution is 2.36. The van der Waals surface area contributed by atoms with E-state index < -0.39 is 0 Å². The van der Waals surface area contributed by atoms with Crippen LogP contribution in [0, 0.1) is 0 Å². The molecule has 0 radical (unpaired) electrons. The number of para-hydroxylation sites is 4. The monoisotopic (exact) mass is 366 g/mol. The Kier molecular flexibility index (Phi) is 5.16. The average molecular weight is 366 g/mol. The van der Waals surface area contributed by atoms with Crippen LogP contribution in [0.4, 0.5) is 0 Å². The summed E-state index contributed by atoms with van der Waals surface area (Å²) in [5, 5.41) is 0. The number of rotatable bonds is 6. The van der Waals surface area contributed by atoms with Gasteiger partial charge in [0.2, 0.25) is 0 Å². The van der Waals surface area contributed by atoms with E-state index in [1.807, 2.05) is 84.9 Å². The smallest absolute Gasteiger partial charge is 0.196 e. The molecule has 0 saturated heterocycles. The van der Waals surface area contributed by atoms with Gasteiger partial charge in [-0.25, -0.2) is 0 Å². The maximum atomic E-state index is 12.9. The van der Waals surface area contributed by atoms with Crippen LogP contribution in [0.25, 0.3) is 0 Å². The van der Waals surface area contributed by atoms with Gasteiger partial charge < -0.3 is 9.47 Å². The number of benzene rings is 4. The lowest BCUT2D eigenvalue weighted by molar-refractivity contribution is 0.103. The molecule has 0 aromatic heterocycles. The molecule has 3 nitrogen and oxygen atoms in total. The molecule has 0 aliphatic heterocycles. The number of carbonyl (C=O) groups excluding carboxylic acids is 1. The molecule has 0 amide bonds. The van der Waals surface area contributed by atoms with Gasteiger partial charge in [-0.15, -0.1) is 0 Å².